The Morgan fingerprint density at radius 3 is 2.42 bits per heavy atom. The number of nitrogens with one attached hydrogen (secondary N) is 1. The highest BCUT2D eigenvalue weighted by molar-refractivity contribution is 5.99. The fourth-order valence-electron chi connectivity index (χ4n) is 4.99. The third-order valence-corrected chi connectivity index (χ3v) is 7.09. The van der Waals surface area contributed by atoms with Crippen molar-refractivity contribution in [1.29, 1.82) is 0 Å². The first-order valence-corrected chi connectivity index (χ1v) is 13.1. The van der Waals surface area contributed by atoms with Crippen molar-refractivity contribution in [2.24, 2.45) is 0 Å². The molecule has 38 heavy (non-hydrogen) atoms. The lowest BCUT2D eigenvalue weighted by Gasteiger charge is -2.37. The van der Waals surface area contributed by atoms with Gasteiger partial charge in [0.2, 0.25) is 0 Å². The van der Waals surface area contributed by atoms with Crippen LogP contribution in [-0.2, 0) is 4.74 Å². The van der Waals surface area contributed by atoms with Gasteiger partial charge in [-0.3, -0.25) is 9.69 Å². The van der Waals surface area contributed by atoms with Crippen LogP contribution < -0.4 is 19.9 Å². The van der Waals surface area contributed by atoms with Crippen molar-refractivity contribution in [1.82, 2.24) is 15.2 Å². The van der Waals surface area contributed by atoms with Crippen LogP contribution in [0.4, 0.5) is 15.9 Å². The zero-order chi connectivity index (χ0) is 26.3. The van der Waals surface area contributed by atoms with Crippen LogP contribution in [0, 0.1) is 5.82 Å². The number of carbonyl (C=O) groups is 1. The maximum atomic E-state index is 14.4. The highest BCUT2D eigenvalue weighted by Crippen LogP contribution is 2.32. The molecular weight excluding hydrogens is 485 g/mol. The number of hydrogen-bond donors (Lipinski definition) is 1. The van der Waals surface area contributed by atoms with E-state index >= 15 is 0 Å². The molecule has 2 aromatic carbocycles. The van der Waals surface area contributed by atoms with Crippen LogP contribution in [0.3, 0.4) is 0 Å². The zero-order valence-electron chi connectivity index (χ0n) is 21.7. The van der Waals surface area contributed by atoms with Crippen LogP contribution in [0.1, 0.15) is 10.4 Å². The quantitative estimate of drug-likeness (QED) is 0.490. The summed E-state index contributed by atoms with van der Waals surface area (Å²) in [5, 5.41) is 3.08. The summed E-state index contributed by atoms with van der Waals surface area (Å²) in [6.07, 6.45) is 0. The maximum absolute atomic E-state index is 14.4. The first-order chi connectivity index (χ1) is 18.6. The Labute approximate surface area is 223 Å². The molecule has 0 atom stereocenters. The monoisotopic (exact) mass is 519 g/mol. The summed E-state index contributed by atoms with van der Waals surface area (Å²) in [6, 6.07) is 18.3. The van der Waals surface area contributed by atoms with Gasteiger partial charge in [0.25, 0.3) is 5.91 Å². The predicted molar refractivity (Wildman–Crippen MR) is 147 cm³/mol. The summed E-state index contributed by atoms with van der Waals surface area (Å²) in [7, 11) is 1.64. The Morgan fingerprint density at radius 2 is 1.66 bits per heavy atom. The Balaban J connectivity index is 1.37. The number of para-hydroxylation sites is 2. The highest BCUT2D eigenvalue weighted by Gasteiger charge is 2.25. The van der Waals surface area contributed by atoms with Crippen molar-refractivity contribution in [3.63, 3.8) is 0 Å². The molecule has 0 radical (unpaired) electrons. The number of ether oxygens (including phenoxy) is 2. The molecule has 0 spiro atoms. The molecule has 9 heteroatoms. The van der Waals surface area contributed by atoms with Gasteiger partial charge < -0.3 is 24.6 Å². The number of aromatic nitrogens is 1. The summed E-state index contributed by atoms with van der Waals surface area (Å²) < 4.78 is 25.4. The van der Waals surface area contributed by atoms with Gasteiger partial charge >= 0.3 is 0 Å². The zero-order valence-corrected chi connectivity index (χ0v) is 21.7. The van der Waals surface area contributed by atoms with E-state index in [1.54, 1.807) is 19.2 Å². The van der Waals surface area contributed by atoms with Gasteiger partial charge in [-0.1, -0.05) is 24.3 Å². The van der Waals surface area contributed by atoms with E-state index in [4.69, 9.17) is 14.5 Å². The second-order valence-electron chi connectivity index (χ2n) is 9.40. The molecule has 3 heterocycles. The van der Waals surface area contributed by atoms with Gasteiger partial charge in [-0.25, -0.2) is 9.37 Å². The number of benzene rings is 2. The molecule has 3 aromatic rings. The largest absolute Gasteiger partial charge is 0.496 e. The second kappa shape index (κ2) is 12.2. The summed E-state index contributed by atoms with van der Waals surface area (Å²) in [5.41, 5.74) is 2.73. The number of carbonyl (C=O) groups excluding carboxylic acids is 1. The summed E-state index contributed by atoms with van der Waals surface area (Å²) in [5.74, 6) is 0.977. The Kier molecular flexibility index (Phi) is 8.35. The van der Waals surface area contributed by atoms with E-state index in [1.165, 1.54) is 6.07 Å². The van der Waals surface area contributed by atoms with E-state index in [2.05, 4.69) is 15.1 Å². The molecule has 0 bridgehead atoms. The fourth-order valence-corrected chi connectivity index (χ4v) is 4.99. The first kappa shape index (κ1) is 25.9. The van der Waals surface area contributed by atoms with Crippen molar-refractivity contribution in [3.8, 4) is 17.0 Å². The Bertz CT molecular complexity index is 1240. The Morgan fingerprint density at radius 1 is 0.947 bits per heavy atom. The smallest absolute Gasteiger partial charge is 0.255 e. The van der Waals surface area contributed by atoms with Crippen LogP contribution in [0.15, 0.2) is 60.7 Å². The van der Waals surface area contributed by atoms with Gasteiger partial charge in [0.15, 0.2) is 0 Å². The minimum absolute atomic E-state index is 0.149. The number of piperazine rings is 1. The molecule has 0 unspecified atom stereocenters. The predicted octanol–water partition coefficient (Wildman–Crippen LogP) is 3.28. The van der Waals surface area contributed by atoms with Crippen molar-refractivity contribution in [2.45, 2.75) is 0 Å². The molecular formula is C29H34FN5O3. The van der Waals surface area contributed by atoms with E-state index in [9.17, 15) is 9.18 Å². The maximum Gasteiger partial charge on any atom is 0.255 e. The average molecular weight is 520 g/mol. The van der Waals surface area contributed by atoms with Crippen LogP contribution in [-0.4, -0.2) is 88.5 Å². The third-order valence-electron chi connectivity index (χ3n) is 7.09. The number of nitrogens with zero attached hydrogens (tertiary/aromatic N) is 4. The number of amides is 1. The number of morpholine rings is 1. The number of anilines is 2. The summed E-state index contributed by atoms with van der Waals surface area (Å²) in [6.45, 7) is 7.02. The van der Waals surface area contributed by atoms with Gasteiger partial charge in [0, 0.05) is 57.9 Å². The SMILES string of the molecule is COc1ccccc1-c1ccc(C(=O)NCCN2CCOCC2)c(N2CCN(c3ccccc3F)CC2)n1. The molecule has 0 aliphatic carbocycles. The van der Waals surface area contributed by atoms with E-state index < -0.39 is 0 Å². The van der Waals surface area contributed by atoms with Gasteiger partial charge in [0.05, 0.1) is 37.3 Å². The van der Waals surface area contributed by atoms with Crippen LogP contribution in [0.5, 0.6) is 5.75 Å². The molecule has 200 valence electrons. The molecule has 1 N–H and O–H groups in total. The lowest BCUT2D eigenvalue weighted by atomic mass is 10.1. The summed E-state index contributed by atoms with van der Waals surface area (Å²) in [4.78, 5) is 24.8. The van der Waals surface area contributed by atoms with E-state index in [0.29, 0.717) is 49.8 Å². The molecule has 5 rings (SSSR count). The second-order valence-corrected chi connectivity index (χ2v) is 9.40. The molecule has 2 fully saturated rings. The van der Waals surface area contributed by atoms with Gasteiger partial charge in [0.1, 0.15) is 17.4 Å². The molecule has 2 aliphatic rings. The molecule has 8 nitrogen and oxygen atoms in total. The fraction of sp³-hybridized carbons (Fsp3) is 0.379. The lowest BCUT2D eigenvalue weighted by molar-refractivity contribution is 0.0383. The number of hydrogen-bond acceptors (Lipinski definition) is 7. The van der Waals surface area contributed by atoms with Crippen LogP contribution in [0.25, 0.3) is 11.3 Å². The van der Waals surface area contributed by atoms with Gasteiger partial charge in [-0.15, -0.1) is 0 Å². The van der Waals surface area contributed by atoms with E-state index in [1.807, 2.05) is 47.4 Å². The topological polar surface area (TPSA) is 70.2 Å². The number of halogens is 1. The normalized spacial score (nSPS) is 16.4. The molecule has 2 aliphatic heterocycles. The van der Waals surface area contributed by atoms with Crippen molar-refractivity contribution < 1.29 is 18.7 Å². The number of methoxy groups -OCH3 is 1. The highest BCUT2D eigenvalue weighted by atomic mass is 19.1. The standard InChI is InChI=1S/C29H34FN5O3/c1-37-27-9-5-2-6-22(27)25-11-10-23(29(36)31-12-13-33-18-20-38-21-19-33)28(32-25)35-16-14-34(15-17-35)26-8-4-3-7-24(26)30/h2-11H,12-21H2,1H3,(H,31,36). The molecule has 1 aromatic heterocycles. The number of pyridine rings is 1. The lowest BCUT2D eigenvalue weighted by Crippen LogP contribution is -2.48. The molecule has 2 saturated heterocycles. The minimum Gasteiger partial charge on any atom is -0.496 e. The van der Waals surface area contributed by atoms with Gasteiger partial charge in [-0.2, -0.15) is 0 Å². The summed E-state index contributed by atoms with van der Waals surface area (Å²) >= 11 is 0. The van der Waals surface area contributed by atoms with Gasteiger partial charge in [-0.05, 0) is 36.4 Å². The van der Waals surface area contributed by atoms with Crippen LogP contribution in [0.2, 0.25) is 0 Å². The van der Waals surface area contributed by atoms with Crippen molar-refractivity contribution >= 4 is 17.4 Å². The molecule has 0 saturated carbocycles. The van der Waals surface area contributed by atoms with E-state index in [0.717, 1.165) is 49.9 Å². The van der Waals surface area contributed by atoms with Crippen LogP contribution >= 0.6 is 0 Å². The Hall–Kier alpha value is -3.69. The third kappa shape index (κ3) is 5.89. The number of rotatable bonds is 8. The van der Waals surface area contributed by atoms with Crippen molar-refractivity contribution in [3.05, 3.63) is 72.0 Å². The first-order valence-electron chi connectivity index (χ1n) is 13.1. The average Bonchev–Trinajstić information content (AvgIpc) is 2.98. The van der Waals surface area contributed by atoms with E-state index in [-0.39, 0.29) is 11.7 Å². The molecule has 1 amide bonds. The minimum atomic E-state index is -0.224. The van der Waals surface area contributed by atoms with Crippen molar-refractivity contribution in [2.75, 3.05) is 82.5 Å².